The van der Waals surface area contributed by atoms with E-state index in [2.05, 4.69) is 13.8 Å². The zero-order valence-corrected chi connectivity index (χ0v) is 12.9. The Morgan fingerprint density at radius 2 is 1.81 bits per heavy atom. The van der Waals surface area contributed by atoms with Crippen LogP contribution in [0.4, 0.5) is 0 Å². The molecule has 3 nitrogen and oxygen atoms in total. The lowest BCUT2D eigenvalue weighted by atomic mass is 10.1. The maximum absolute atomic E-state index is 12.6. The van der Waals surface area contributed by atoms with Gasteiger partial charge in [0.25, 0.3) is 5.56 Å². The van der Waals surface area contributed by atoms with E-state index in [1.165, 1.54) is 0 Å². The average Bonchev–Trinajstić information content (AvgIpc) is 2.43. The molecule has 0 spiro atoms. The first-order chi connectivity index (χ1) is 9.99. The van der Waals surface area contributed by atoms with Gasteiger partial charge in [-0.05, 0) is 29.1 Å². The van der Waals surface area contributed by atoms with Crippen molar-refractivity contribution in [2.24, 2.45) is 5.92 Å². The zero-order valence-electron chi connectivity index (χ0n) is 12.2. The molecule has 0 saturated heterocycles. The van der Waals surface area contributed by atoms with E-state index in [4.69, 9.17) is 11.6 Å². The molecule has 0 saturated carbocycles. The van der Waals surface area contributed by atoms with Crippen molar-refractivity contribution in [3.8, 4) is 11.3 Å². The van der Waals surface area contributed by atoms with Gasteiger partial charge in [-0.15, -0.1) is 0 Å². The summed E-state index contributed by atoms with van der Waals surface area (Å²) in [5.74, 6) is 0.326. The third-order valence-electron chi connectivity index (χ3n) is 3.20. The van der Waals surface area contributed by atoms with E-state index in [1.54, 1.807) is 10.6 Å². The van der Waals surface area contributed by atoms with Crippen LogP contribution in [0.15, 0.2) is 47.3 Å². The Kier molecular flexibility index (Phi) is 4.97. The number of aromatic nitrogens is 1. The van der Waals surface area contributed by atoms with Gasteiger partial charge in [-0.25, -0.2) is 0 Å². The molecule has 0 atom stereocenters. The standard InChI is InChI=1S/C17H18ClNO2/c1-12(2)11-19-15(13-6-4-3-5-7-13)9-8-14(17(19)21)10-16(18)20/h3-9,12H,10-11H2,1-2H3. The number of pyridine rings is 1. The average molecular weight is 304 g/mol. The molecule has 0 radical (unpaired) electrons. The normalized spacial score (nSPS) is 10.9. The van der Waals surface area contributed by atoms with E-state index < -0.39 is 5.24 Å². The molecule has 21 heavy (non-hydrogen) atoms. The Hall–Kier alpha value is -1.87. The van der Waals surface area contributed by atoms with Crippen LogP contribution in [0.2, 0.25) is 0 Å². The molecule has 0 amide bonds. The third kappa shape index (κ3) is 3.82. The van der Waals surface area contributed by atoms with Crippen LogP contribution >= 0.6 is 11.6 Å². The molecule has 4 heteroatoms. The molecule has 1 aromatic carbocycles. The van der Waals surface area contributed by atoms with E-state index in [0.717, 1.165) is 11.3 Å². The second-order valence-corrected chi connectivity index (χ2v) is 5.87. The first-order valence-corrected chi connectivity index (χ1v) is 7.33. The lowest BCUT2D eigenvalue weighted by Gasteiger charge is -2.16. The predicted octanol–water partition coefficient (Wildman–Crippen LogP) is 3.48. The molecule has 0 bridgehead atoms. The fraction of sp³-hybridized carbons (Fsp3) is 0.294. The smallest absolute Gasteiger partial charge is 0.254 e. The zero-order chi connectivity index (χ0) is 15.4. The summed E-state index contributed by atoms with van der Waals surface area (Å²) in [4.78, 5) is 23.7. The van der Waals surface area contributed by atoms with E-state index in [0.29, 0.717) is 18.0 Å². The van der Waals surface area contributed by atoms with Crippen molar-refractivity contribution in [3.63, 3.8) is 0 Å². The fourth-order valence-electron chi connectivity index (χ4n) is 2.32. The van der Waals surface area contributed by atoms with Gasteiger partial charge in [0.05, 0.1) is 12.1 Å². The van der Waals surface area contributed by atoms with Crippen LogP contribution < -0.4 is 5.56 Å². The van der Waals surface area contributed by atoms with Gasteiger partial charge in [-0.1, -0.05) is 50.2 Å². The Bertz CT molecular complexity index is 690. The van der Waals surface area contributed by atoms with E-state index in [1.807, 2.05) is 36.4 Å². The highest BCUT2D eigenvalue weighted by molar-refractivity contribution is 6.63. The summed E-state index contributed by atoms with van der Waals surface area (Å²) in [6, 6.07) is 13.3. The number of hydrogen-bond acceptors (Lipinski definition) is 2. The molecule has 0 aliphatic heterocycles. The highest BCUT2D eigenvalue weighted by Gasteiger charge is 2.13. The van der Waals surface area contributed by atoms with Crippen molar-refractivity contribution in [3.05, 3.63) is 58.4 Å². The molecule has 2 aromatic rings. The molecular formula is C17H18ClNO2. The highest BCUT2D eigenvalue weighted by Crippen LogP contribution is 2.19. The molecule has 0 aliphatic rings. The van der Waals surface area contributed by atoms with Gasteiger partial charge in [0, 0.05) is 12.1 Å². The van der Waals surface area contributed by atoms with Gasteiger partial charge in [-0.3, -0.25) is 9.59 Å². The quantitative estimate of drug-likeness (QED) is 0.793. The number of halogens is 1. The second kappa shape index (κ2) is 6.72. The second-order valence-electron chi connectivity index (χ2n) is 5.45. The van der Waals surface area contributed by atoms with Crippen molar-refractivity contribution in [1.29, 1.82) is 0 Å². The maximum Gasteiger partial charge on any atom is 0.254 e. The summed E-state index contributed by atoms with van der Waals surface area (Å²) < 4.78 is 1.73. The van der Waals surface area contributed by atoms with Crippen molar-refractivity contribution in [1.82, 2.24) is 4.57 Å². The number of benzene rings is 1. The maximum atomic E-state index is 12.6. The lowest BCUT2D eigenvalue weighted by molar-refractivity contribution is -0.111. The van der Waals surface area contributed by atoms with Crippen LogP contribution in [-0.2, 0) is 17.8 Å². The van der Waals surface area contributed by atoms with Gasteiger partial charge >= 0.3 is 0 Å². The minimum absolute atomic E-state index is 0.0342. The Morgan fingerprint density at radius 1 is 1.14 bits per heavy atom. The fourth-order valence-corrected chi connectivity index (χ4v) is 2.46. The summed E-state index contributed by atoms with van der Waals surface area (Å²) in [5, 5.41) is -0.518. The van der Waals surface area contributed by atoms with Gasteiger partial charge in [0.1, 0.15) is 0 Å². The lowest BCUT2D eigenvalue weighted by Crippen LogP contribution is -2.27. The first kappa shape index (κ1) is 15.5. The topological polar surface area (TPSA) is 39.1 Å². The molecule has 0 fully saturated rings. The third-order valence-corrected chi connectivity index (χ3v) is 3.33. The molecule has 0 unspecified atom stereocenters. The number of rotatable bonds is 5. The van der Waals surface area contributed by atoms with Crippen molar-refractivity contribution in [2.45, 2.75) is 26.8 Å². The summed E-state index contributed by atoms with van der Waals surface area (Å²) >= 11 is 5.41. The Balaban J connectivity index is 2.58. The van der Waals surface area contributed by atoms with Crippen LogP contribution in [0.1, 0.15) is 19.4 Å². The summed E-state index contributed by atoms with van der Waals surface area (Å²) in [5.41, 5.74) is 2.15. The number of hydrogen-bond donors (Lipinski definition) is 0. The summed E-state index contributed by atoms with van der Waals surface area (Å²) in [6.45, 7) is 4.72. The SMILES string of the molecule is CC(C)Cn1c(-c2ccccc2)ccc(CC(=O)Cl)c1=O. The van der Waals surface area contributed by atoms with Gasteiger partial charge in [-0.2, -0.15) is 0 Å². The monoisotopic (exact) mass is 303 g/mol. The number of nitrogens with zero attached hydrogens (tertiary/aromatic N) is 1. The highest BCUT2D eigenvalue weighted by atomic mass is 35.5. The minimum atomic E-state index is -0.518. The molecule has 2 rings (SSSR count). The molecular weight excluding hydrogens is 286 g/mol. The van der Waals surface area contributed by atoms with Crippen LogP contribution in [0.5, 0.6) is 0 Å². The van der Waals surface area contributed by atoms with Crippen LogP contribution in [-0.4, -0.2) is 9.81 Å². The van der Waals surface area contributed by atoms with E-state index >= 15 is 0 Å². The molecule has 1 heterocycles. The molecule has 0 N–H and O–H groups in total. The van der Waals surface area contributed by atoms with Crippen LogP contribution in [0, 0.1) is 5.92 Å². The van der Waals surface area contributed by atoms with E-state index in [9.17, 15) is 9.59 Å². The number of carbonyl (C=O) groups excluding carboxylic acids is 1. The van der Waals surface area contributed by atoms with Crippen molar-refractivity contribution < 1.29 is 4.79 Å². The summed E-state index contributed by atoms with van der Waals surface area (Å²) in [6.07, 6.45) is -0.0342. The molecule has 0 aliphatic carbocycles. The molecule has 1 aromatic heterocycles. The number of carbonyl (C=O) groups is 1. The van der Waals surface area contributed by atoms with Crippen molar-refractivity contribution in [2.75, 3.05) is 0 Å². The first-order valence-electron chi connectivity index (χ1n) is 6.95. The largest absolute Gasteiger partial charge is 0.308 e. The minimum Gasteiger partial charge on any atom is -0.308 e. The van der Waals surface area contributed by atoms with Gasteiger partial charge < -0.3 is 4.57 Å². The van der Waals surface area contributed by atoms with Gasteiger partial charge in [0.15, 0.2) is 0 Å². The predicted molar refractivity (Wildman–Crippen MR) is 85.5 cm³/mol. The van der Waals surface area contributed by atoms with Crippen LogP contribution in [0.25, 0.3) is 11.3 Å². The van der Waals surface area contributed by atoms with Crippen molar-refractivity contribution >= 4 is 16.8 Å². The summed E-state index contributed by atoms with van der Waals surface area (Å²) in [7, 11) is 0. The molecule has 110 valence electrons. The Morgan fingerprint density at radius 3 is 2.38 bits per heavy atom. The van der Waals surface area contributed by atoms with Crippen LogP contribution in [0.3, 0.4) is 0 Å². The van der Waals surface area contributed by atoms with E-state index in [-0.39, 0.29) is 12.0 Å². The Labute approximate surface area is 129 Å². The van der Waals surface area contributed by atoms with Gasteiger partial charge in [0.2, 0.25) is 5.24 Å².